The van der Waals surface area contributed by atoms with Crippen molar-refractivity contribution in [1.82, 2.24) is 10.6 Å². The highest BCUT2D eigenvalue weighted by molar-refractivity contribution is 5.82. The Morgan fingerprint density at radius 2 is 2.15 bits per heavy atom. The minimum Gasteiger partial charge on any atom is -0.352 e. The summed E-state index contributed by atoms with van der Waals surface area (Å²) in [5.74, 6) is 0.600. The minimum atomic E-state index is -0.0112. The summed E-state index contributed by atoms with van der Waals surface area (Å²) in [4.78, 5) is 12.3. The summed E-state index contributed by atoms with van der Waals surface area (Å²) in [6, 6.07) is 10.6. The Morgan fingerprint density at radius 3 is 2.85 bits per heavy atom. The van der Waals surface area contributed by atoms with Crippen LogP contribution in [0, 0.1) is 5.92 Å². The van der Waals surface area contributed by atoms with Crippen LogP contribution in [-0.4, -0.2) is 24.5 Å². The number of aryl methyl sites for hydroxylation is 1. The van der Waals surface area contributed by atoms with Crippen molar-refractivity contribution in [3.05, 3.63) is 35.9 Å². The maximum absolute atomic E-state index is 12.3. The highest BCUT2D eigenvalue weighted by Gasteiger charge is 2.27. The summed E-state index contributed by atoms with van der Waals surface area (Å²) in [6.07, 6.45) is 4.31. The van der Waals surface area contributed by atoms with Crippen molar-refractivity contribution < 1.29 is 4.79 Å². The number of hydrogen-bond donors (Lipinski definition) is 2. The van der Waals surface area contributed by atoms with Crippen LogP contribution < -0.4 is 10.6 Å². The minimum absolute atomic E-state index is 0.0112. The smallest absolute Gasteiger partial charge is 0.237 e. The number of piperidine rings is 1. The Hall–Kier alpha value is -1.35. The predicted octanol–water partition coefficient (Wildman–Crippen LogP) is 2.51. The average molecular weight is 274 g/mol. The Bertz CT molecular complexity index is 418. The lowest BCUT2D eigenvalue weighted by Gasteiger charge is -2.30. The van der Waals surface area contributed by atoms with Crippen LogP contribution >= 0.6 is 0 Å². The topological polar surface area (TPSA) is 41.1 Å². The normalized spacial score (nSPS) is 24.1. The van der Waals surface area contributed by atoms with Gasteiger partial charge in [0.1, 0.15) is 0 Å². The van der Waals surface area contributed by atoms with Crippen molar-refractivity contribution in [1.29, 1.82) is 0 Å². The second kappa shape index (κ2) is 7.44. The molecule has 3 atom stereocenters. The van der Waals surface area contributed by atoms with Gasteiger partial charge in [0.15, 0.2) is 0 Å². The standard InChI is InChI=1S/C17H26N2O/c1-13-7-6-12-18-16(13)17(20)19-14(2)10-11-15-8-4-3-5-9-15/h3-5,8-9,13-14,16,18H,6-7,10-12H2,1-2H3,(H,19,20). The second-order valence-corrected chi connectivity index (χ2v) is 5.99. The van der Waals surface area contributed by atoms with Crippen LogP contribution in [0.2, 0.25) is 0 Å². The number of nitrogens with one attached hydrogen (secondary N) is 2. The molecule has 2 N–H and O–H groups in total. The van der Waals surface area contributed by atoms with Gasteiger partial charge in [0.25, 0.3) is 0 Å². The molecule has 1 aliphatic heterocycles. The molecular weight excluding hydrogens is 248 g/mol. The molecule has 20 heavy (non-hydrogen) atoms. The van der Waals surface area contributed by atoms with E-state index in [1.807, 2.05) is 6.07 Å². The first-order valence-corrected chi connectivity index (χ1v) is 7.74. The van der Waals surface area contributed by atoms with Crippen LogP contribution in [0.1, 0.15) is 38.7 Å². The summed E-state index contributed by atoms with van der Waals surface area (Å²) in [7, 11) is 0. The van der Waals surface area contributed by atoms with Crippen molar-refractivity contribution in [2.75, 3.05) is 6.54 Å². The Balaban J connectivity index is 1.76. The molecule has 3 nitrogen and oxygen atoms in total. The summed E-state index contributed by atoms with van der Waals surface area (Å²) in [5.41, 5.74) is 1.33. The third-order valence-corrected chi connectivity index (χ3v) is 4.15. The monoisotopic (exact) mass is 274 g/mol. The quantitative estimate of drug-likeness (QED) is 0.866. The van der Waals surface area contributed by atoms with E-state index in [1.54, 1.807) is 0 Å². The fourth-order valence-corrected chi connectivity index (χ4v) is 2.83. The van der Waals surface area contributed by atoms with Crippen molar-refractivity contribution in [2.24, 2.45) is 5.92 Å². The fraction of sp³-hybridized carbons (Fsp3) is 0.588. The number of benzene rings is 1. The van der Waals surface area contributed by atoms with Crippen LogP contribution in [0.4, 0.5) is 0 Å². The zero-order chi connectivity index (χ0) is 14.4. The third kappa shape index (κ3) is 4.34. The first-order chi connectivity index (χ1) is 9.66. The first kappa shape index (κ1) is 15.0. The molecule has 0 radical (unpaired) electrons. The van der Waals surface area contributed by atoms with E-state index in [1.165, 1.54) is 12.0 Å². The molecule has 1 fully saturated rings. The molecule has 1 amide bonds. The van der Waals surface area contributed by atoms with E-state index in [2.05, 4.69) is 48.7 Å². The van der Waals surface area contributed by atoms with E-state index >= 15 is 0 Å². The highest BCUT2D eigenvalue weighted by Crippen LogP contribution is 2.16. The zero-order valence-electron chi connectivity index (χ0n) is 12.6. The maximum Gasteiger partial charge on any atom is 0.237 e. The van der Waals surface area contributed by atoms with Gasteiger partial charge in [-0.2, -0.15) is 0 Å². The third-order valence-electron chi connectivity index (χ3n) is 4.15. The average Bonchev–Trinajstić information content (AvgIpc) is 2.46. The molecular formula is C17H26N2O. The first-order valence-electron chi connectivity index (χ1n) is 7.74. The largest absolute Gasteiger partial charge is 0.352 e. The number of amides is 1. The maximum atomic E-state index is 12.3. The van der Waals surface area contributed by atoms with Gasteiger partial charge in [-0.25, -0.2) is 0 Å². The van der Waals surface area contributed by atoms with Gasteiger partial charge in [-0.15, -0.1) is 0 Å². The van der Waals surface area contributed by atoms with Crippen LogP contribution in [-0.2, 0) is 11.2 Å². The molecule has 1 saturated heterocycles. The summed E-state index contributed by atoms with van der Waals surface area (Å²) in [6.45, 7) is 5.21. The summed E-state index contributed by atoms with van der Waals surface area (Å²) < 4.78 is 0. The molecule has 3 heteroatoms. The molecule has 3 unspecified atom stereocenters. The SMILES string of the molecule is CC(CCc1ccccc1)NC(=O)C1NCCCC1C. The van der Waals surface area contributed by atoms with Gasteiger partial charge in [-0.05, 0) is 50.6 Å². The molecule has 0 aromatic heterocycles. The van der Waals surface area contributed by atoms with Crippen molar-refractivity contribution in [3.63, 3.8) is 0 Å². The molecule has 0 saturated carbocycles. The number of rotatable bonds is 5. The lowest BCUT2D eigenvalue weighted by molar-refractivity contribution is -0.125. The van der Waals surface area contributed by atoms with Crippen molar-refractivity contribution in [2.45, 2.75) is 51.6 Å². The van der Waals surface area contributed by atoms with E-state index in [0.29, 0.717) is 5.92 Å². The molecule has 1 aromatic carbocycles. The van der Waals surface area contributed by atoms with Gasteiger partial charge in [-0.3, -0.25) is 4.79 Å². The van der Waals surface area contributed by atoms with Gasteiger partial charge < -0.3 is 10.6 Å². The van der Waals surface area contributed by atoms with Gasteiger partial charge >= 0.3 is 0 Å². The predicted molar refractivity (Wildman–Crippen MR) is 82.6 cm³/mol. The van der Waals surface area contributed by atoms with Crippen molar-refractivity contribution >= 4 is 5.91 Å². The van der Waals surface area contributed by atoms with Crippen LogP contribution in [0.3, 0.4) is 0 Å². The van der Waals surface area contributed by atoms with E-state index in [0.717, 1.165) is 25.8 Å². The van der Waals surface area contributed by atoms with Gasteiger partial charge in [0.2, 0.25) is 5.91 Å². The Morgan fingerprint density at radius 1 is 1.40 bits per heavy atom. The van der Waals surface area contributed by atoms with Gasteiger partial charge in [0, 0.05) is 6.04 Å². The Labute approximate surface area is 122 Å². The summed E-state index contributed by atoms with van der Waals surface area (Å²) >= 11 is 0. The van der Waals surface area contributed by atoms with E-state index in [9.17, 15) is 4.79 Å². The molecule has 110 valence electrons. The molecule has 1 aliphatic rings. The molecule has 1 aromatic rings. The van der Waals surface area contributed by atoms with E-state index < -0.39 is 0 Å². The molecule has 0 spiro atoms. The van der Waals surface area contributed by atoms with E-state index in [-0.39, 0.29) is 18.0 Å². The summed E-state index contributed by atoms with van der Waals surface area (Å²) in [5, 5.41) is 6.48. The lowest BCUT2D eigenvalue weighted by Crippen LogP contribution is -2.52. The molecule has 0 bridgehead atoms. The highest BCUT2D eigenvalue weighted by atomic mass is 16.2. The second-order valence-electron chi connectivity index (χ2n) is 5.99. The fourth-order valence-electron chi connectivity index (χ4n) is 2.83. The van der Waals surface area contributed by atoms with Crippen LogP contribution in [0.5, 0.6) is 0 Å². The van der Waals surface area contributed by atoms with Crippen LogP contribution in [0.25, 0.3) is 0 Å². The van der Waals surface area contributed by atoms with Crippen molar-refractivity contribution in [3.8, 4) is 0 Å². The lowest BCUT2D eigenvalue weighted by atomic mass is 9.92. The van der Waals surface area contributed by atoms with Gasteiger partial charge in [-0.1, -0.05) is 37.3 Å². The Kier molecular flexibility index (Phi) is 5.60. The van der Waals surface area contributed by atoms with Gasteiger partial charge in [0.05, 0.1) is 6.04 Å². The van der Waals surface area contributed by atoms with Crippen LogP contribution in [0.15, 0.2) is 30.3 Å². The molecule has 0 aliphatic carbocycles. The number of carbonyl (C=O) groups excluding carboxylic acids is 1. The number of carbonyl (C=O) groups is 1. The zero-order valence-corrected chi connectivity index (χ0v) is 12.6. The van der Waals surface area contributed by atoms with E-state index in [4.69, 9.17) is 0 Å². The molecule has 1 heterocycles. The molecule has 2 rings (SSSR count). The number of hydrogen-bond acceptors (Lipinski definition) is 2.